The van der Waals surface area contributed by atoms with Crippen LogP contribution in [0.3, 0.4) is 0 Å². The van der Waals surface area contributed by atoms with Crippen LogP contribution in [0.1, 0.15) is 36.5 Å². The molecule has 0 saturated carbocycles. The number of rotatable bonds is 10. The summed E-state index contributed by atoms with van der Waals surface area (Å²) in [6.07, 6.45) is 5.01. The van der Waals surface area contributed by atoms with Gasteiger partial charge >= 0.3 is 0 Å². The molecule has 5 nitrogen and oxygen atoms in total. The molecule has 4 aromatic rings. The van der Waals surface area contributed by atoms with Crippen LogP contribution in [0.2, 0.25) is 0 Å². The van der Waals surface area contributed by atoms with E-state index >= 15 is 0 Å². The van der Waals surface area contributed by atoms with Gasteiger partial charge in [0.05, 0.1) is 5.57 Å². The molecule has 1 amide bonds. The standard InChI is InChI=1S/C29H33N3O2S/c1-5-13-31(4)14-8-15-32-17-23(21-9-6-7-10-26(21)32)28(29(34)30-3)24(18-33)25-19-35-27-12-11-20(2)16-22(25)27/h6-7,9-12,16-19H,5,8,13-15H2,1-4H3,(H,30,34)/b28-24+. The molecule has 6 heteroatoms. The number of nitrogens with zero attached hydrogens (tertiary/aromatic N) is 2. The largest absolute Gasteiger partial charge is 0.355 e. The molecule has 0 aliphatic carbocycles. The van der Waals surface area contributed by atoms with E-state index in [0.29, 0.717) is 11.1 Å². The highest BCUT2D eigenvalue weighted by Gasteiger charge is 2.24. The average Bonchev–Trinajstić information content (AvgIpc) is 3.43. The Morgan fingerprint density at radius 3 is 2.66 bits per heavy atom. The molecule has 0 bridgehead atoms. The van der Waals surface area contributed by atoms with Crippen molar-refractivity contribution in [2.75, 3.05) is 27.2 Å². The van der Waals surface area contributed by atoms with Crippen LogP contribution in [-0.2, 0) is 16.1 Å². The molecule has 2 aromatic heterocycles. The van der Waals surface area contributed by atoms with Gasteiger partial charge in [0.2, 0.25) is 0 Å². The predicted molar refractivity (Wildman–Crippen MR) is 148 cm³/mol. The van der Waals surface area contributed by atoms with Crippen molar-refractivity contribution in [1.29, 1.82) is 0 Å². The van der Waals surface area contributed by atoms with Crippen molar-refractivity contribution in [2.24, 2.45) is 0 Å². The summed E-state index contributed by atoms with van der Waals surface area (Å²) >= 11 is 1.59. The number of aromatic nitrogens is 1. The van der Waals surface area contributed by atoms with Gasteiger partial charge in [0, 0.05) is 57.5 Å². The molecule has 0 atom stereocenters. The van der Waals surface area contributed by atoms with E-state index in [0.717, 1.165) is 76.4 Å². The van der Waals surface area contributed by atoms with Crippen molar-refractivity contribution in [2.45, 2.75) is 33.2 Å². The Morgan fingerprint density at radius 2 is 1.91 bits per heavy atom. The number of benzene rings is 2. The Balaban J connectivity index is 1.86. The van der Waals surface area contributed by atoms with E-state index in [1.54, 1.807) is 18.4 Å². The van der Waals surface area contributed by atoms with E-state index < -0.39 is 0 Å². The van der Waals surface area contributed by atoms with E-state index in [1.165, 1.54) is 0 Å². The van der Waals surface area contributed by atoms with Gasteiger partial charge in [-0.1, -0.05) is 36.8 Å². The fourth-order valence-corrected chi connectivity index (χ4v) is 5.70. The Labute approximate surface area is 211 Å². The third-order valence-electron chi connectivity index (χ3n) is 6.46. The fraction of sp³-hybridized carbons (Fsp3) is 0.310. The number of hydrogen-bond donors (Lipinski definition) is 1. The second-order valence-electron chi connectivity index (χ2n) is 9.04. The molecule has 2 heterocycles. The first-order valence-corrected chi connectivity index (χ1v) is 13.0. The van der Waals surface area contributed by atoms with Gasteiger partial charge in [-0.25, -0.2) is 0 Å². The van der Waals surface area contributed by atoms with Crippen molar-refractivity contribution in [3.63, 3.8) is 0 Å². The molecule has 182 valence electrons. The van der Waals surface area contributed by atoms with Gasteiger partial charge in [0.1, 0.15) is 0 Å². The molecule has 0 spiro atoms. The highest BCUT2D eigenvalue weighted by molar-refractivity contribution is 7.17. The van der Waals surface area contributed by atoms with Crippen LogP contribution in [0.4, 0.5) is 0 Å². The normalized spacial score (nSPS) is 12.4. The second kappa shape index (κ2) is 11.0. The number of carbonyl (C=O) groups excluding carboxylic acids is 2. The van der Waals surface area contributed by atoms with Crippen molar-refractivity contribution in [3.05, 3.63) is 70.7 Å². The van der Waals surface area contributed by atoms with Gasteiger partial charge in [0.15, 0.2) is 6.29 Å². The lowest BCUT2D eigenvalue weighted by molar-refractivity contribution is -0.115. The maximum Gasteiger partial charge on any atom is 0.252 e. The minimum atomic E-state index is -0.260. The summed E-state index contributed by atoms with van der Waals surface area (Å²) < 4.78 is 3.31. The Morgan fingerprint density at radius 1 is 1.11 bits per heavy atom. The van der Waals surface area contributed by atoms with Crippen LogP contribution in [-0.4, -0.2) is 48.8 Å². The van der Waals surface area contributed by atoms with Gasteiger partial charge < -0.3 is 14.8 Å². The number of para-hydroxylation sites is 1. The molecule has 0 aliphatic heterocycles. The third-order valence-corrected chi connectivity index (χ3v) is 7.43. The first-order valence-electron chi connectivity index (χ1n) is 12.1. The van der Waals surface area contributed by atoms with Gasteiger partial charge in [-0.2, -0.15) is 0 Å². The molecule has 4 rings (SSSR count). The Kier molecular flexibility index (Phi) is 7.83. The summed E-state index contributed by atoms with van der Waals surface area (Å²) in [7, 11) is 3.77. The number of allylic oxidation sites excluding steroid dienone is 1. The van der Waals surface area contributed by atoms with Crippen LogP contribution >= 0.6 is 11.3 Å². The highest BCUT2D eigenvalue weighted by Crippen LogP contribution is 2.37. The minimum absolute atomic E-state index is 0.260. The van der Waals surface area contributed by atoms with Crippen LogP contribution in [0.15, 0.2) is 54.0 Å². The van der Waals surface area contributed by atoms with Crippen molar-refractivity contribution in [1.82, 2.24) is 14.8 Å². The summed E-state index contributed by atoms with van der Waals surface area (Å²) in [6.45, 7) is 7.16. The lowest BCUT2D eigenvalue weighted by Gasteiger charge is -2.15. The maximum atomic E-state index is 13.3. The lowest BCUT2D eigenvalue weighted by Crippen LogP contribution is -2.21. The van der Waals surface area contributed by atoms with E-state index in [2.05, 4.69) is 53.0 Å². The number of amides is 1. The van der Waals surface area contributed by atoms with E-state index in [-0.39, 0.29) is 5.91 Å². The molecule has 0 unspecified atom stereocenters. The van der Waals surface area contributed by atoms with Gasteiger partial charge in [-0.15, -0.1) is 11.3 Å². The number of aldehydes is 1. The zero-order chi connectivity index (χ0) is 24.9. The van der Waals surface area contributed by atoms with Crippen LogP contribution < -0.4 is 5.32 Å². The molecule has 1 N–H and O–H groups in total. The fourth-order valence-electron chi connectivity index (χ4n) is 4.76. The smallest absolute Gasteiger partial charge is 0.252 e. The highest BCUT2D eigenvalue weighted by atomic mass is 32.1. The summed E-state index contributed by atoms with van der Waals surface area (Å²) in [5, 5.41) is 6.74. The summed E-state index contributed by atoms with van der Waals surface area (Å²) in [5.74, 6) is -0.260. The van der Waals surface area contributed by atoms with Gasteiger partial charge in [-0.05, 0) is 63.5 Å². The first-order chi connectivity index (χ1) is 17.0. The zero-order valence-electron chi connectivity index (χ0n) is 20.9. The van der Waals surface area contributed by atoms with Crippen molar-refractivity contribution < 1.29 is 9.59 Å². The first kappa shape index (κ1) is 24.9. The van der Waals surface area contributed by atoms with Crippen LogP contribution in [0.5, 0.6) is 0 Å². The number of likely N-dealkylation sites (N-methyl/N-ethyl adjacent to an activating group) is 1. The molecule has 0 saturated heterocycles. The minimum Gasteiger partial charge on any atom is -0.355 e. The summed E-state index contributed by atoms with van der Waals surface area (Å²) in [6, 6.07) is 14.3. The molecule has 0 fully saturated rings. The number of fused-ring (bicyclic) bond motifs is 2. The van der Waals surface area contributed by atoms with Crippen molar-refractivity contribution >= 4 is 55.7 Å². The average molecular weight is 488 g/mol. The topological polar surface area (TPSA) is 54.3 Å². The Bertz CT molecular complexity index is 1400. The SMILES string of the molecule is CCCN(C)CCCn1cc(/C(C(=O)NC)=C(/C=O)c2csc3ccc(C)cc23)c2ccccc21. The zero-order valence-corrected chi connectivity index (χ0v) is 21.7. The number of carbonyl (C=O) groups is 2. The number of thiophene rings is 1. The van der Waals surface area contributed by atoms with E-state index in [1.807, 2.05) is 36.7 Å². The third kappa shape index (κ3) is 5.09. The molecular weight excluding hydrogens is 454 g/mol. The molecule has 0 radical (unpaired) electrons. The van der Waals surface area contributed by atoms with Crippen molar-refractivity contribution in [3.8, 4) is 0 Å². The number of hydrogen-bond acceptors (Lipinski definition) is 4. The molecule has 0 aliphatic rings. The van der Waals surface area contributed by atoms with Gasteiger partial charge in [0.25, 0.3) is 5.91 Å². The maximum absolute atomic E-state index is 13.3. The molecule has 2 aromatic carbocycles. The predicted octanol–water partition coefficient (Wildman–Crippen LogP) is 5.75. The summed E-state index contributed by atoms with van der Waals surface area (Å²) in [4.78, 5) is 28.2. The lowest BCUT2D eigenvalue weighted by atomic mass is 9.94. The number of aryl methyl sites for hydroxylation is 2. The van der Waals surface area contributed by atoms with E-state index in [9.17, 15) is 9.59 Å². The van der Waals surface area contributed by atoms with Gasteiger partial charge in [-0.3, -0.25) is 9.59 Å². The summed E-state index contributed by atoms with van der Waals surface area (Å²) in [5.41, 5.74) is 4.62. The number of nitrogens with one attached hydrogen (secondary N) is 1. The quantitative estimate of drug-likeness (QED) is 0.229. The van der Waals surface area contributed by atoms with E-state index in [4.69, 9.17) is 0 Å². The molecular formula is C29H33N3O2S. The second-order valence-corrected chi connectivity index (χ2v) is 9.96. The van der Waals surface area contributed by atoms with Crippen LogP contribution in [0, 0.1) is 6.92 Å². The monoisotopic (exact) mass is 487 g/mol. The van der Waals surface area contributed by atoms with Crippen LogP contribution in [0.25, 0.3) is 32.1 Å². The molecule has 35 heavy (non-hydrogen) atoms. The Hall–Kier alpha value is -3.22.